The Labute approximate surface area is 162 Å². The Morgan fingerprint density at radius 2 is 1.79 bits per heavy atom. The number of nitrogens with zero attached hydrogens (tertiary/aromatic N) is 2. The second kappa shape index (κ2) is 9.45. The average Bonchev–Trinajstić information content (AvgIpc) is 2.74. The molecule has 0 bridgehead atoms. The van der Waals surface area contributed by atoms with E-state index in [4.69, 9.17) is 4.74 Å². The van der Waals surface area contributed by atoms with Crippen LogP contribution in [0.1, 0.15) is 21.6 Å². The second-order valence-electron chi connectivity index (χ2n) is 6.05. The lowest BCUT2D eigenvalue weighted by molar-refractivity contribution is 0.0948. The molecule has 1 heterocycles. The van der Waals surface area contributed by atoms with E-state index < -0.39 is 0 Å². The highest BCUT2D eigenvalue weighted by Gasteiger charge is 2.09. The molecule has 0 fully saturated rings. The zero-order valence-electron chi connectivity index (χ0n) is 15.5. The van der Waals surface area contributed by atoms with Crippen molar-refractivity contribution in [1.29, 1.82) is 0 Å². The van der Waals surface area contributed by atoms with Crippen LogP contribution in [0.15, 0.2) is 60.9 Å². The van der Waals surface area contributed by atoms with Crippen LogP contribution in [0.5, 0.6) is 5.75 Å². The van der Waals surface area contributed by atoms with Gasteiger partial charge in [0.1, 0.15) is 23.1 Å². The van der Waals surface area contributed by atoms with E-state index in [2.05, 4.69) is 20.6 Å². The highest BCUT2D eigenvalue weighted by molar-refractivity contribution is 5.92. The number of carbonyl (C=O) groups excluding carboxylic acids is 1. The summed E-state index contributed by atoms with van der Waals surface area (Å²) in [5.41, 5.74) is 1.77. The second-order valence-corrected chi connectivity index (χ2v) is 6.05. The van der Waals surface area contributed by atoms with Crippen molar-refractivity contribution in [3.05, 3.63) is 83.6 Å². The van der Waals surface area contributed by atoms with Crippen molar-refractivity contribution in [3.63, 3.8) is 0 Å². The van der Waals surface area contributed by atoms with Crippen LogP contribution in [0.4, 0.5) is 10.2 Å². The Hall–Kier alpha value is -3.48. The number of carbonyl (C=O) groups is 1. The first-order chi connectivity index (χ1) is 13.7. The Kier molecular flexibility index (Phi) is 6.51. The fourth-order valence-corrected chi connectivity index (χ4v) is 2.67. The fraction of sp³-hybridized carbons (Fsp3) is 0.190. The van der Waals surface area contributed by atoms with Gasteiger partial charge in [0, 0.05) is 18.7 Å². The summed E-state index contributed by atoms with van der Waals surface area (Å²) in [7, 11) is 1.62. The van der Waals surface area contributed by atoms with Crippen LogP contribution in [0.25, 0.3) is 0 Å². The summed E-state index contributed by atoms with van der Waals surface area (Å²) >= 11 is 0. The number of hydrogen-bond donors (Lipinski definition) is 2. The van der Waals surface area contributed by atoms with Gasteiger partial charge in [-0.2, -0.15) is 0 Å². The summed E-state index contributed by atoms with van der Waals surface area (Å²) in [6.45, 7) is 0.736. The predicted molar refractivity (Wildman–Crippen MR) is 105 cm³/mol. The molecule has 2 aromatic carbocycles. The number of para-hydroxylation sites is 1. The third-order valence-corrected chi connectivity index (χ3v) is 4.17. The van der Waals surface area contributed by atoms with Gasteiger partial charge < -0.3 is 15.4 Å². The number of anilines is 1. The lowest BCUT2D eigenvalue weighted by atomic mass is 10.1. The van der Waals surface area contributed by atoms with Gasteiger partial charge in [0.05, 0.1) is 19.5 Å². The zero-order valence-corrected chi connectivity index (χ0v) is 15.5. The van der Waals surface area contributed by atoms with E-state index in [0.717, 1.165) is 11.3 Å². The molecule has 0 radical (unpaired) electrons. The van der Waals surface area contributed by atoms with Crippen LogP contribution in [-0.4, -0.2) is 29.5 Å². The molecule has 144 valence electrons. The molecule has 2 N–H and O–H groups in total. The Bertz CT molecular complexity index is 932. The smallest absolute Gasteiger partial charge is 0.271 e. The summed E-state index contributed by atoms with van der Waals surface area (Å²) < 4.78 is 18.9. The Balaban J connectivity index is 1.50. The van der Waals surface area contributed by atoms with Crippen molar-refractivity contribution in [2.75, 3.05) is 19.0 Å². The largest absolute Gasteiger partial charge is 0.496 e. The van der Waals surface area contributed by atoms with Crippen LogP contribution < -0.4 is 15.4 Å². The number of halogens is 1. The first kappa shape index (κ1) is 19.3. The van der Waals surface area contributed by atoms with E-state index in [9.17, 15) is 9.18 Å². The minimum atomic E-state index is -0.303. The van der Waals surface area contributed by atoms with E-state index in [1.54, 1.807) is 25.3 Å². The average molecular weight is 380 g/mol. The molecule has 0 aliphatic rings. The van der Waals surface area contributed by atoms with Crippen molar-refractivity contribution >= 4 is 11.7 Å². The van der Waals surface area contributed by atoms with Crippen molar-refractivity contribution < 1.29 is 13.9 Å². The lowest BCUT2D eigenvalue weighted by Crippen LogP contribution is -2.26. The van der Waals surface area contributed by atoms with Gasteiger partial charge >= 0.3 is 0 Å². The molecule has 3 aromatic rings. The van der Waals surface area contributed by atoms with Gasteiger partial charge in [0.2, 0.25) is 0 Å². The number of rotatable bonds is 8. The van der Waals surface area contributed by atoms with Crippen molar-refractivity contribution in [2.45, 2.75) is 13.0 Å². The summed E-state index contributed by atoms with van der Waals surface area (Å²) in [6.07, 6.45) is 3.49. The molecule has 28 heavy (non-hydrogen) atoms. The number of ether oxygens (including phenoxy) is 1. The molecule has 0 saturated carbocycles. The minimum Gasteiger partial charge on any atom is -0.496 e. The van der Waals surface area contributed by atoms with Gasteiger partial charge in [-0.1, -0.05) is 36.4 Å². The maximum atomic E-state index is 13.6. The van der Waals surface area contributed by atoms with Crippen molar-refractivity contribution in [1.82, 2.24) is 15.3 Å². The highest BCUT2D eigenvalue weighted by Crippen LogP contribution is 2.17. The van der Waals surface area contributed by atoms with E-state index in [1.165, 1.54) is 18.5 Å². The Morgan fingerprint density at radius 3 is 2.50 bits per heavy atom. The predicted octanol–water partition coefficient (Wildman–Crippen LogP) is 3.21. The molecular weight excluding hydrogens is 359 g/mol. The number of aromatic nitrogens is 2. The number of hydrogen-bond acceptors (Lipinski definition) is 5. The Morgan fingerprint density at radius 1 is 1.04 bits per heavy atom. The quantitative estimate of drug-likeness (QED) is 0.628. The fourth-order valence-electron chi connectivity index (χ4n) is 2.67. The molecule has 7 heteroatoms. The van der Waals surface area contributed by atoms with Gasteiger partial charge in [0.25, 0.3) is 5.91 Å². The summed E-state index contributed by atoms with van der Waals surface area (Å²) in [5, 5.41) is 5.80. The number of methoxy groups -OCH3 is 1. The van der Waals surface area contributed by atoms with E-state index in [1.807, 2.05) is 24.3 Å². The molecular formula is C21H21FN4O2. The molecule has 1 amide bonds. The normalized spacial score (nSPS) is 10.4. The van der Waals surface area contributed by atoms with E-state index >= 15 is 0 Å². The summed E-state index contributed by atoms with van der Waals surface area (Å²) in [5.74, 6) is 0.674. The molecule has 0 spiro atoms. The van der Waals surface area contributed by atoms with Crippen LogP contribution >= 0.6 is 0 Å². The number of nitrogens with one attached hydrogen (secondary N) is 2. The summed E-state index contributed by atoms with van der Waals surface area (Å²) in [6, 6.07) is 14.2. The minimum absolute atomic E-state index is 0.219. The molecule has 0 atom stereocenters. The van der Waals surface area contributed by atoms with Crippen molar-refractivity contribution in [3.8, 4) is 5.75 Å². The van der Waals surface area contributed by atoms with Crippen molar-refractivity contribution in [2.24, 2.45) is 0 Å². The van der Waals surface area contributed by atoms with Crippen LogP contribution in [-0.2, 0) is 13.0 Å². The first-order valence-electron chi connectivity index (χ1n) is 8.87. The van der Waals surface area contributed by atoms with Gasteiger partial charge in [-0.15, -0.1) is 0 Å². The molecule has 1 aromatic heterocycles. The number of amides is 1. The van der Waals surface area contributed by atoms with E-state index in [0.29, 0.717) is 24.3 Å². The molecule has 0 saturated heterocycles. The molecule has 6 nitrogen and oxygen atoms in total. The van der Waals surface area contributed by atoms with Gasteiger partial charge in [0.15, 0.2) is 0 Å². The maximum absolute atomic E-state index is 13.6. The van der Waals surface area contributed by atoms with Crippen LogP contribution in [0, 0.1) is 5.82 Å². The standard InChI is InChI=1S/C21H21FN4O2/c1-28-19-9-5-3-6-15(19)10-11-23-21(27)18-13-26-20(14-24-18)25-12-16-7-2-4-8-17(16)22/h2-9,13-14H,10-12H2,1H3,(H,23,27)(H,25,26). The third kappa shape index (κ3) is 5.03. The number of benzene rings is 2. The lowest BCUT2D eigenvalue weighted by Gasteiger charge is -2.09. The maximum Gasteiger partial charge on any atom is 0.271 e. The monoisotopic (exact) mass is 380 g/mol. The van der Waals surface area contributed by atoms with E-state index in [-0.39, 0.29) is 24.0 Å². The van der Waals surface area contributed by atoms with Gasteiger partial charge in [-0.05, 0) is 24.1 Å². The van der Waals surface area contributed by atoms with Crippen LogP contribution in [0.2, 0.25) is 0 Å². The SMILES string of the molecule is COc1ccccc1CCNC(=O)c1cnc(NCc2ccccc2F)cn1. The first-order valence-corrected chi connectivity index (χ1v) is 8.87. The zero-order chi connectivity index (χ0) is 19.8. The topological polar surface area (TPSA) is 76.1 Å². The summed E-state index contributed by atoms with van der Waals surface area (Å²) in [4.78, 5) is 20.5. The molecule has 0 unspecified atom stereocenters. The van der Waals surface area contributed by atoms with Gasteiger partial charge in [-0.25, -0.2) is 14.4 Å². The molecule has 3 rings (SSSR count). The van der Waals surface area contributed by atoms with Crippen LogP contribution in [0.3, 0.4) is 0 Å². The third-order valence-electron chi connectivity index (χ3n) is 4.17. The van der Waals surface area contributed by atoms with Gasteiger partial charge in [-0.3, -0.25) is 4.79 Å². The highest BCUT2D eigenvalue weighted by atomic mass is 19.1. The molecule has 0 aliphatic carbocycles. The molecule has 0 aliphatic heterocycles.